The molecular formula is C28H30FN9O3. The minimum Gasteiger partial charge on any atom is -0.489 e. The maximum atomic E-state index is 15.9. The second-order valence-electron chi connectivity index (χ2n) is 10.7. The Balaban J connectivity index is 1.65. The van der Waals surface area contributed by atoms with Gasteiger partial charge >= 0.3 is 5.69 Å². The van der Waals surface area contributed by atoms with Crippen molar-refractivity contribution in [2.75, 3.05) is 24.6 Å². The first-order valence-corrected chi connectivity index (χ1v) is 13.5. The van der Waals surface area contributed by atoms with Crippen molar-refractivity contribution in [3.63, 3.8) is 0 Å². The summed E-state index contributed by atoms with van der Waals surface area (Å²) < 4.78 is 24.9. The second-order valence-corrected chi connectivity index (χ2v) is 10.7. The summed E-state index contributed by atoms with van der Waals surface area (Å²) in [5.74, 6) is -0.126. The number of anilines is 1. The predicted octanol–water partition coefficient (Wildman–Crippen LogP) is 2.70. The number of nitrogens with zero attached hydrogens (tertiary/aromatic N) is 9. The standard InChI is InChI=1S/C28H30FN9O3/c1-6-22(39)37-16(4)13-35(14-17(37)5)26-18-11-19(29)24-20-12-31-34-36(20)9-10-41-21-7-8-30-23(15(2)3)25(21)38(27(18)32-24)28(40)33-26/h6-8,11-12,15-17H,1,9-10,13-14H2,2-5H3. The summed E-state index contributed by atoms with van der Waals surface area (Å²) in [6.45, 7) is 12.6. The number of fused-ring (bicyclic) bond motifs is 5. The van der Waals surface area contributed by atoms with E-state index >= 15 is 4.39 Å². The number of aromatic nitrogens is 7. The van der Waals surface area contributed by atoms with E-state index in [9.17, 15) is 9.59 Å². The molecule has 12 nitrogen and oxygen atoms in total. The van der Waals surface area contributed by atoms with E-state index in [1.807, 2.05) is 32.6 Å². The number of halogens is 1. The summed E-state index contributed by atoms with van der Waals surface area (Å²) in [6.07, 6.45) is 4.37. The lowest BCUT2D eigenvalue weighted by Gasteiger charge is -2.44. The van der Waals surface area contributed by atoms with Gasteiger partial charge in [0.15, 0.2) is 11.5 Å². The molecule has 2 unspecified atom stereocenters. The Bertz CT molecular complexity index is 1740. The van der Waals surface area contributed by atoms with Crippen molar-refractivity contribution in [1.29, 1.82) is 0 Å². The van der Waals surface area contributed by atoms with Crippen LogP contribution in [0.25, 0.3) is 28.1 Å². The molecule has 1 saturated heterocycles. The summed E-state index contributed by atoms with van der Waals surface area (Å²) in [5.41, 5.74) is 1.00. The molecule has 0 spiro atoms. The third-order valence-electron chi connectivity index (χ3n) is 7.56. The quantitative estimate of drug-likeness (QED) is 0.349. The van der Waals surface area contributed by atoms with E-state index in [2.05, 4.69) is 26.9 Å². The minimum absolute atomic E-state index is 0.00868. The average Bonchev–Trinajstić information content (AvgIpc) is 3.39. The van der Waals surface area contributed by atoms with Gasteiger partial charge in [0, 0.05) is 37.4 Å². The maximum Gasteiger partial charge on any atom is 0.356 e. The van der Waals surface area contributed by atoms with Crippen LogP contribution in [-0.4, -0.2) is 77.1 Å². The highest BCUT2D eigenvalue weighted by Crippen LogP contribution is 2.35. The van der Waals surface area contributed by atoms with Gasteiger partial charge in [0.1, 0.15) is 35.2 Å². The molecule has 2 aliphatic rings. The van der Waals surface area contributed by atoms with Crippen molar-refractivity contribution < 1.29 is 13.9 Å². The lowest BCUT2D eigenvalue weighted by atomic mass is 10.1. The van der Waals surface area contributed by atoms with Crippen LogP contribution in [0.4, 0.5) is 10.2 Å². The van der Waals surface area contributed by atoms with Crippen LogP contribution in [0.15, 0.2) is 42.0 Å². The number of carbonyl (C=O) groups is 1. The highest BCUT2D eigenvalue weighted by molar-refractivity contribution is 5.91. The van der Waals surface area contributed by atoms with Crippen molar-refractivity contribution in [2.45, 2.75) is 52.2 Å². The van der Waals surface area contributed by atoms with E-state index in [-0.39, 0.29) is 48.4 Å². The van der Waals surface area contributed by atoms with E-state index in [0.717, 1.165) is 0 Å². The molecule has 0 saturated carbocycles. The number of hydrogen-bond acceptors (Lipinski definition) is 9. The first kappa shape index (κ1) is 26.5. The van der Waals surface area contributed by atoms with Gasteiger partial charge < -0.3 is 14.5 Å². The van der Waals surface area contributed by atoms with Crippen LogP contribution in [0.1, 0.15) is 39.3 Å². The molecule has 1 fully saturated rings. The molecule has 4 aromatic rings. The summed E-state index contributed by atoms with van der Waals surface area (Å²) in [7, 11) is 0. The number of carbonyl (C=O) groups excluding carboxylic acids is 1. The van der Waals surface area contributed by atoms with E-state index in [1.54, 1.807) is 17.2 Å². The Hall–Kier alpha value is -4.68. The van der Waals surface area contributed by atoms with Crippen LogP contribution in [0.5, 0.6) is 5.75 Å². The van der Waals surface area contributed by atoms with Crippen molar-refractivity contribution in [1.82, 2.24) is 39.4 Å². The molecule has 0 radical (unpaired) electrons. The van der Waals surface area contributed by atoms with E-state index in [4.69, 9.17) is 9.72 Å². The zero-order valence-electron chi connectivity index (χ0n) is 23.3. The highest BCUT2D eigenvalue weighted by Gasteiger charge is 2.34. The first-order valence-electron chi connectivity index (χ1n) is 13.5. The van der Waals surface area contributed by atoms with Gasteiger partial charge in [-0.05, 0) is 31.9 Å². The molecule has 6 rings (SSSR count). The summed E-state index contributed by atoms with van der Waals surface area (Å²) in [4.78, 5) is 44.0. The van der Waals surface area contributed by atoms with Crippen LogP contribution in [0.2, 0.25) is 0 Å². The molecule has 13 heteroatoms. The summed E-state index contributed by atoms with van der Waals surface area (Å²) >= 11 is 0. The smallest absolute Gasteiger partial charge is 0.356 e. The van der Waals surface area contributed by atoms with Crippen LogP contribution in [0.3, 0.4) is 0 Å². The average molecular weight is 560 g/mol. The molecule has 2 bridgehead atoms. The topological polar surface area (TPSA) is 124 Å². The molecule has 1 amide bonds. The van der Waals surface area contributed by atoms with Crippen LogP contribution in [0, 0.1) is 5.82 Å². The number of pyridine rings is 2. The van der Waals surface area contributed by atoms with Crippen LogP contribution >= 0.6 is 0 Å². The zero-order valence-corrected chi connectivity index (χ0v) is 23.3. The Morgan fingerprint density at radius 1 is 1.22 bits per heavy atom. The molecule has 0 aromatic carbocycles. The third-order valence-corrected chi connectivity index (χ3v) is 7.56. The Morgan fingerprint density at radius 2 is 1.98 bits per heavy atom. The molecule has 2 atom stereocenters. The van der Waals surface area contributed by atoms with Crippen molar-refractivity contribution >= 4 is 22.8 Å². The van der Waals surface area contributed by atoms with Gasteiger partial charge in [-0.25, -0.2) is 23.4 Å². The van der Waals surface area contributed by atoms with Gasteiger partial charge in [0.25, 0.3) is 0 Å². The predicted molar refractivity (Wildman–Crippen MR) is 150 cm³/mol. The van der Waals surface area contributed by atoms with E-state index < -0.39 is 11.5 Å². The highest BCUT2D eigenvalue weighted by atomic mass is 19.1. The monoisotopic (exact) mass is 559 g/mol. The van der Waals surface area contributed by atoms with Gasteiger partial charge in [-0.2, -0.15) is 4.98 Å². The second kappa shape index (κ2) is 10.1. The Kier molecular flexibility index (Phi) is 6.51. The van der Waals surface area contributed by atoms with Gasteiger partial charge in [-0.3, -0.25) is 9.78 Å². The number of hydrogen-bond donors (Lipinski definition) is 0. The summed E-state index contributed by atoms with van der Waals surface area (Å²) in [5, 5.41) is 8.40. The normalized spacial score (nSPS) is 18.6. The number of ether oxygens (including phenoxy) is 1. The lowest BCUT2D eigenvalue weighted by molar-refractivity contribution is -0.130. The van der Waals surface area contributed by atoms with Crippen molar-refractivity contribution in [2.24, 2.45) is 0 Å². The fraction of sp³-hybridized carbons (Fsp3) is 0.393. The largest absolute Gasteiger partial charge is 0.489 e. The first-order chi connectivity index (χ1) is 19.7. The molecule has 212 valence electrons. The number of amides is 1. The Morgan fingerprint density at radius 3 is 2.68 bits per heavy atom. The molecule has 4 aromatic heterocycles. The van der Waals surface area contributed by atoms with Crippen molar-refractivity contribution in [3.05, 3.63) is 59.2 Å². The SMILES string of the molecule is C=CC(=O)N1C(C)CN(c2nc(=O)n3c4nc(c(F)cc24)-c2cnnn2CCOc2ccnc(C(C)C)c2-3)CC1C. The number of rotatable bonds is 3. The molecule has 2 aliphatic heterocycles. The van der Waals surface area contributed by atoms with Crippen molar-refractivity contribution in [3.8, 4) is 22.8 Å². The van der Waals surface area contributed by atoms with E-state index in [1.165, 1.54) is 27.6 Å². The van der Waals surface area contributed by atoms with Gasteiger partial charge in [-0.1, -0.05) is 25.6 Å². The van der Waals surface area contributed by atoms with Crippen LogP contribution in [-0.2, 0) is 11.3 Å². The zero-order chi connectivity index (χ0) is 29.0. The molecule has 0 N–H and O–H groups in total. The number of piperazine rings is 1. The maximum absolute atomic E-state index is 15.9. The molecular weight excluding hydrogens is 529 g/mol. The van der Waals surface area contributed by atoms with Crippen LogP contribution < -0.4 is 15.3 Å². The lowest BCUT2D eigenvalue weighted by Crippen LogP contribution is -2.58. The minimum atomic E-state index is -0.605. The van der Waals surface area contributed by atoms with Gasteiger partial charge in [-0.15, -0.1) is 5.10 Å². The molecule has 0 aliphatic carbocycles. The van der Waals surface area contributed by atoms with Gasteiger partial charge in [0.05, 0.1) is 23.8 Å². The third kappa shape index (κ3) is 4.32. The summed E-state index contributed by atoms with van der Waals surface area (Å²) in [6, 6.07) is 2.63. The molecule has 41 heavy (non-hydrogen) atoms. The fourth-order valence-electron chi connectivity index (χ4n) is 5.83. The fourth-order valence-corrected chi connectivity index (χ4v) is 5.83. The van der Waals surface area contributed by atoms with Gasteiger partial charge in [0.2, 0.25) is 5.91 Å². The Labute approximate surface area is 235 Å². The molecule has 6 heterocycles. The van der Waals surface area contributed by atoms with E-state index in [0.29, 0.717) is 47.1 Å².